The highest BCUT2D eigenvalue weighted by molar-refractivity contribution is 5.99. The van der Waals surface area contributed by atoms with E-state index in [0.717, 1.165) is 42.1 Å². The molecule has 2 aliphatic heterocycles. The molecule has 1 amide bonds. The van der Waals surface area contributed by atoms with E-state index in [1.807, 2.05) is 24.3 Å². The van der Waals surface area contributed by atoms with E-state index < -0.39 is 0 Å². The fourth-order valence-corrected chi connectivity index (χ4v) is 4.39. The van der Waals surface area contributed by atoms with Crippen LogP contribution in [0.1, 0.15) is 30.0 Å². The lowest BCUT2D eigenvalue weighted by molar-refractivity contribution is -0.115. The zero-order chi connectivity index (χ0) is 20.3. The molecule has 6 nitrogen and oxygen atoms in total. The molecule has 3 aromatic rings. The molecular weight excluding hydrogens is 374 g/mol. The molecule has 0 saturated carbocycles. The summed E-state index contributed by atoms with van der Waals surface area (Å²) in [5.74, 6) is 0.557. The van der Waals surface area contributed by atoms with Crippen molar-refractivity contribution in [3.63, 3.8) is 0 Å². The van der Waals surface area contributed by atoms with Crippen molar-refractivity contribution >= 4 is 17.5 Å². The van der Waals surface area contributed by atoms with Gasteiger partial charge in [0.1, 0.15) is 0 Å². The molecule has 3 heterocycles. The summed E-state index contributed by atoms with van der Waals surface area (Å²) in [4.78, 5) is 24.1. The first-order valence-corrected chi connectivity index (χ1v) is 10.6. The van der Waals surface area contributed by atoms with Crippen LogP contribution in [0.3, 0.4) is 0 Å². The average Bonchev–Trinajstić information content (AvgIpc) is 3.26. The molecule has 0 radical (unpaired) electrons. The van der Waals surface area contributed by atoms with Gasteiger partial charge in [-0.05, 0) is 37.6 Å². The Hall–Kier alpha value is -3.25. The quantitative estimate of drug-likeness (QED) is 0.681. The number of benzene rings is 2. The normalized spacial score (nSPS) is 16.9. The summed E-state index contributed by atoms with van der Waals surface area (Å²) in [6.07, 6.45) is 4.55. The number of nitrogens with one attached hydrogen (secondary N) is 2. The maximum Gasteiger partial charge on any atom is 0.228 e. The lowest BCUT2D eigenvalue weighted by Gasteiger charge is -2.28. The number of hydrogen-bond acceptors (Lipinski definition) is 5. The number of hydrogen-bond donors (Lipinski definition) is 2. The molecule has 30 heavy (non-hydrogen) atoms. The van der Waals surface area contributed by atoms with Crippen LogP contribution in [0.25, 0.3) is 11.3 Å². The zero-order valence-electron chi connectivity index (χ0n) is 16.8. The Morgan fingerprint density at radius 3 is 2.63 bits per heavy atom. The first-order chi connectivity index (χ1) is 14.8. The van der Waals surface area contributed by atoms with E-state index in [9.17, 15) is 4.79 Å². The highest BCUT2D eigenvalue weighted by atomic mass is 16.1. The molecule has 1 fully saturated rings. The average molecular weight is 399 g/mol. The molecule has 152 valence electrons. The van der Waals surface area contributed by atoms with E-state index in [4.69, 9.17) is 4.98 Å². The fourth-order valence-electron chi connectivity index (χ4n) is 4.39. The van der Waals surface area contributed by atoms with Crippen molar-refractivity contribution in [2.75, 3.05) is 30.3 Å². The third-order valence-corrected chi connectivity index (χ3v) is 5.89. The Kier molecular flexibility index (Phi) is 5.15. The standard InChI is InChI=1S/C24H25N5O/c30-22-14-18-15-25-24(28-23(18)19-10-4-5-11-20(19)27-22)26-16-21(29-12-6-7-13-29)17-8-2-1-3-9-17/h1-5,8-11,15,21H,6-7,12-14,16H2,(H,27,30)(H,25,26,28). The minimum atomic E-state index is -0.0383. The van der Waals surface area contributed by atoms with Crippen LogP contribution >= 0.6 is 0 Å². The van der Waals surface area contributed by atoms with E-state index in [2.05, 4.69) is 50.8 Å². The van der Waals surface area contributed by atoms with Crippen molar-refractivity contribution in [3.05, 3.63) is 71.9 Å². The molecule has 0 spiro atoms. The van der Waals surface area contributed by atoms with Crippen LogP contribution in [0, 0.1) is 0 Å². The highest BCUT2D eigenvalue weighted by Crippen LogP contribution is 2.32. The predicted molar refractivity (Wildman–Crippen MR) is 118 cm³/mol. The molecule has 5 rings (SSSR count). The second kappa shape index (κ2) is 8.24. The van der Waals surface area contributed by atoms with Gasteiger partial charge < -0.3 is 10.6 Å². The number of amides is 1. The SMILES string of the molecule is O=C1Cc2cnc(NCC(c3ccccc3)N3CCCC3)nc2-c2ccccc2N1. The minimum absolute atomic E-state index is 0.0383. The number of fused-ring (bicyclic) bond motifs is 3. The molecule has 6 heteroatoms. The predicted octanol–water partition coefficient (Wildman–Crippen LogP) is 3.89. The van der Waals surface area contributed by atoms with Gasteiger partial charge in [-0.1, -0.05) is 48.5 Å². The molecule has 1 atom stereocenters. The van der Waals surface area contributed by atoms with E-state index in [1.165, 1.54) is 18.4 Å². The van der Waals surface area contributed by atoms with Crippen molar-refractivity contribution in [1.82, 2.24) is 14.9 Å². The van der Waals surface area contributed by atoms with Gasteiger partial charge in [0.15, 0.2) is 0 Å². The topological polar surface area (TPSA) is 70.2 Å². The van der Waals surface area contributed by atoms with Crippen LogP contribution in [0.15, 0.2) is 60.8 Å². The lowest BCUT2D eigenvalue weighted by Crippen LogP contribution is -2.31. The fraction of sp³-hybridized carbons (Fsp3) is 0.292. The van der Waals surface area contributed by atoms with Gasteiger partial charge in [-0.2, -0.15) is 0 Å². The van der Waals surface area contributed by atoms with Crippen LogP contribution in [-0.2, 0) is 11.2 Å². The first kappa shape index (κ1) is 18.8. The molecule has 0 aliphatic carbocycles. The van der Waals surface area contributed by atoms with Crippen molar-refractivity contribution < 1.29 is 4.79 Å². The van der Waals surface area contributed by atoms with Crippen molar-refractivity contribution in [3.8, 4) is 11.3 Å². The summed E-state index contributed by atoms with van der Waals surface area (Å²) in [6, 6.07) is 18.7. The van der Waals surface area contributed by atoms with E-state index >= 15 is 0 Å². The van der Waals surface area contributed by atoms with Crippen LogP contribution in [0.2, 0.25) is 0 Å². The Bertz CT molecular complexity index is 1050. The van der Waals surface area contributed by atoms with Gasteiger partial charge in [-0.15, -0.1) is 0 Å². The van der Waals surface area contributed by atoms with Crippen LogP contribution in [0.4, 0.5) is 11.6 Å². The van der Waals surface area contributed by atoms with Gasteiger partial charge in [0.2, 0.25) is 11.9 Å². The highest BCUT2D eigenvalue weighted by Gasteiger charge is 2.24. The summed E-state index contributed by atoms with van der Waals surface area (Å²) in [5, 5.41) is 6.43. The molecule has 0 bridgehead atoms. The van der Waals surface area contributed by atoms with E-state index in [1.54, 1.807) is 6.20 Å². The van der Waals surface area contributed by atoms with E-state index in [-0.39, 0.29) is 18.4 Å². The van der Waals surface area contributed by atoms with Gasteiger partial charge >= 0.3 is 0 Å². The Labute approximate surface area is 176 Å². The number of rotatable bonds is 5. The van der Waals surface area contributed by atoms with Gasteiger partial charge in [-0.25, -0.2) is 9.97 Å². The summed E-state index contributed by atoms with van der Waals surface area (Å²) in [6.45, 7) is 2.97. The minimum Gasteiger partial charge on any atom is -0.352 e. The summed E-state index contributed by atoms with van der Waals surface area (Å²) >= 11 is 0. The smallest absolute Gasteiger partial charge is 0.228 e. The number of carbonyl (C=O) groups excluding carboxylic acids is 1. The second-order valence-electron chi connectivity index (χ2n) is 7.89. The Balaban J connectivity index is 1.42. The van der Waals surface area contributed by atoms with E-state index in [0.29, 0.717) is 5.95 Å². The van der Waals surface area contributed by atoms with Crippen molar-refractivity contribution in [1.29, 1.82) is 0 Å². The van der Waals surface area contributed by atoms with Crippen LogP contribution in [-0.4, -0.2) is 40.4 Å². The lowest BCUT2D eigenvalue weighted by atomic mass is 10.0. The molecular formula is C24H25N5O. The number of nitrogens with zero attached hydrogens (tertiary/aromatic N) is 3. The Morgan fingerprint density at radius 2 is 1.80 bits per heavy atom. The maximum atomic E-state index is 12.2. The summed E-state index contributed by atoms with van der Waals surface area (Å²) in [5.41, 5.74) is 4.70. The Morgan fingerprint density at radius 1 is 1.03 bits per heavy atom. The zero-order valence-corrected chi connectivity index (χ0v) is 16.8. The third-order valence-electron chi connectivity index (χ3n) is 5.89. The molecule has 2 aliphatic rings. The van der Waals surface area contributed by atoms with Crippen molar-refractivity contribution in [2.45, 2.75) is 25.3 Å². The molecule has 1 unspecified atom stereocenters. The van der Waals surface area contributed by atoms with Crippen LogP contribution < -0.4 is 10.6 Å². The summed E-state index contributed by atoms with van der Waals surface area (Å²) in [7, 11) is 0. The van der Waals surface area contributed by atoms with Gasteiger partial charge in [0.05, 0.1) is 23.8 Å². The molecule has 1 saturated heterocycles. The first-order valence-electron chi connectivity index (χ1n) is 10.6. The largest absolute Gasteiger partial charge is 0.352 e. The maximum absolute atomic E-state index is 12.2. The second-order valence-corrected chi connectivity index (χ2v) is 7.89. The number of anilines is 2. The third kappa shape index (κ3) is 3.78. The van der Waals surface area contributed by atoms with Crippen molar-refractivity contribution in [2.24, 2.45) is 0 Å². The van der Waals surface area contributed by atoms with Gasteiger partial charge in [0, 0.05) is 23.9 Å². The number of carbonyl (C=O) groups is 1. The molecule has 2 N–H and O–H groups in total. The number of aromatic nitrogens is 2. The molecule has 1 aromatic heterocycles. The van der Waals surface area contributed by atoms with Crippen LogP contribution in [0.5, 0.6) is 0 Å². The number of likely N-dealkylation sites (tertiary alicyclic amines) is 1. The molecule has 2 aromatic carbocycles. The van der Waals surface area contributed by atoms with Gasteiger partial charge in [0.25, 0.3) is 0 Å². The summed E-state index contributed by atoms with van der Waals surface area (Å²) < 4.78 is 0. The van der Waals surface area contributed by atoms with Gasteiger partial charge in [-0.3, -0.25) is 9.69 Å². The monoisotopic (exact) mass is 399 g/mol. The number of para-hydroxylation sites is 1.